The number of benzene rings is 1. The second kappa shape index (κ2) is 7.58. The highest BCUT2D eigenvalue weighted by Crippen LogP contribution is 2.33. The first-order valence-electron chi connectivity index (χ1n) is 7.56. The maximum absolute atomic E-state index is 13.1. The first-order valence-corrected chi connectivity index (χ1v) is 8.31. The van der Waals surface area contributed by atoms with Crippen LogP contribution in [-0.4, -0.2) is 20.5 Å². The summed E-state index contributed by atoms with van der Waals surface area (Å²) in [4.78, 5) is 11.9. The lowest BCUT2D eigenvalue weighted by atomic mass is 10.2. The van der Waals surface area contributed by atoms with Crippen LogP contribution in [0.3, 0.4) is 0 Å². The van der Waals surface area contributed by atoms with E-state index in [-0.39, 0.29) is 23.0 Å². The number of amides is 1. The molecule has 0 aliphatic rings. The van der Waals surface area contributed by atoms with Gasteiger partial charge in [0.05, 0.1) is 11.6 Å². The van der Waals surface area contributed by atoms with Gasteiger partial charge in [-0.3, -0.25) is 9.20 Å². The number of nitrogens with one attached hydrogen (secondary N) is 1. The Labute approximate surface area is 161 Å². The fourth-order valence-corrected chi connectivity index (χ4v) is 2.75. The fourth-order valence-electron chi connectivity index (χ4n) is 2.34. The van der Waals surface area contributed by atoms with Crippen LogP contribution in [0.1, 0.15) is 17.0 Å². The first-order chi connectivity index (χ1) is 12.7. The van der Waals surface area contributed by atoms with Gasteiger partial charge in [0, 0.05) is 17.3 Å². The van der Waals surface area contributed by atoms with Gasteiger partial charge in [-0.2, -0.15) is 13.2 Å². The molecule has 0 aliphatic heterocycles. The summed E-state index contributed by atoms with van der Waals surface area (Å²) >= 11 is 11.6. The summed E-state index contributed by atoms with van der Waals surface area (Å²) in [6.07, 6.45) is -0.528. The Morgan fingerprint density at radius 2 is 1.96 bits per heavy atom. The van der Waals surface area contributed by atoms with E-state index in [1.165, 1.54) is 12.3 Å². The van der Waals surface area contributed by atoms with Gasteiger partial charge in [0.1, 0.15) is 5.56 Å². The third-order valence-electron chi connectivity index (χ3n) is 3.54. The van der Waals surface area contributed by atoms with Crippen LogP contribution >= 0.6 is 23.2 Å². The van der Waals surface area contributed by atoms with Crippen LogP contribution in [0.15, 0.2) is 42.6 Å². The highest BCUT2D eigenvalue weighted by atomic mass is 35.5. The Morgan fingerprint density at radius 1 is 1.19 bits per heavy atom. The lowest BCUT2D eigenvalue weighted by molar-refractivity contribution is -0.136. The van der Waals surface area contributed by atoms with Crippen molar-refractivity contribution in [2.75, 3.05) is 0 Å². The molecule has 0 aliphatic carbocycles. The predicted molar refractivity (Wildman–Crippen MR) is 95.3 cm³/mol. The molecule has 5 nitrogen and oxygen atoms in total. The standard InChI is InChI=1S/C17H11Cl2F3N4O/c18-11-3-1-2-10(6-11)4-5-15(27)23-8-14-24-25-16-13(17(20,21)22)7-12(19)9-26(14)16/h1-7,9H,8H2,(H,23,27)/b5-4+. The zero-order valence-corrected chi connectivity index (χ0v) is 15.0. The predicted octanol–water partition coefficient (Wildman–Crippen LogP) is 4.38. The number of carbonyl (C=O) groups is 1. The molecular formula is C17H11Cl2F3N4O. The van der Waals surface area contributed by atoms with Gasteiger partial charge in [-0.15, -0.1) is 10.2 Å². The maximum Gasteiger partial charge on any atom is 0.420 e. The number of carbonyl (C=O) groups excluding carboxylic acids is 1. The summed E-state index contributed by atoms with van der Waals surface area (Å²) in [7, 11) is 0. The van der Waals surface area contributed by atoms with E-state index in [4.69, 9.17) is 23.2 Å². The summed E-state index contributed by atoms with van der Waals surface area (Å²) in [5, 5.41) is 10.2. The Kier molecular flexibility index (Phi) is 5.38. The monoisotopic (exact) mass is 414 g/mol. The van der Waals surface area contributed by atoms with Crippen molar-refractivity contribution < 1.29 is 18.0 Å². The second-order valence-corrected chi connectivity index (χ2v) is 6.36. The third kappa shape index (κ3) is 4.58. The SMILES string of the molecule is O=C(/C=C/c1cccc(Cl)c1)NCc1nnc2c(C(F)(F)F)cc(Cl)cn12. The van der Waals surface area contributed by atoms with Crippen LogP contribution in [0.4, 0.5) is 13.2 Å². The lowest BCUT2D eigenvalue weighted by Gasteiger charge is -2.09. The molecule has 27 heavy (non-hydrogen) atoms. The van der Waals surface area contributed by atoms with Crippen molar-refractivity contribution in [2.45, 2.75) is 12.7 Å². The van der Waals surface area contributed by atoms with Gasteiger partial charge in [0.15, 0.2) is 11.5 Å². The topological polar surface area (TPSA) is 59.3 Å². The number of halogens is 5. The van der Waals surface area contributed by atoms with Crippen molar-refractivity contribution >= 4 is 40.8 Å². The van der Waals surface area contributed by atoms with E-state index in [0.29, 0.717) is 5.02 Å². The van der Waals surface area contributed by atoms with Gasteiger partial charge in [-0.05, 0) is 29.8 Å². The number of hydrogen-bond acceptors (Lipinski definition) is 3. The quantitative estimate of drug-likeness (QED) is 0.644. The zero-order chi connectivity index (χ0) is 19.6. The average Bonchev–Trinajstić information content (AvgIpc) is 2.99. The highest BCUT2D eigenvalue weighted by molar-refractivity contribution is 6.31. The molecule has 3 aromatic rings. The molecule has 3 rings (SSSR count). The minimum absolute atomic E-state index is 0.113. The highest BCUT2D eigenvalue weighted by Gasteiger charge is 2.35. The molecule has 0 spiro atoms. The fraction of sp³-hybridized carbons (Fsp3) is 0.118. The van der Waals surface area contributed by atoms with E-state index in [1.54, 1.807) is 30.3 Å². The Hall–Kier alpha value is -2.58. The summed E-state index contributed by atoms with van der Waals surface area (Å²) < 4.78 is 40.4. The van der Waals surface area contributed by atoms with Crippen LogP contribution in [-0.2, 0) is 17.5 Å². The van der Waals surface area contributed by atoms with Gasteiger partial charge < -0.3 is 5.32 Å². The van der Waals surface area contributed by atoms with Crippen molar-refractivity contribution in [3.8, 4) is 0 Å². The molecule has 0 saturated carbocycles. The first kappa shape index (κ1) is 19.2. The third-order valence-corrected chi connectivity index (χ3v) is 3.99. The van der Waals surface area contributed by atoms with Gasteiger partial charge in [0.25, 0.3) is 0 Å². The molecule has 1 amide bonds. The molecular weight excluding hydrogens is 404 g/mol. The number of pyridine rings is 1. The molecule has 0 radical (unpaired) electrons. The number of rotatable bonds is 4. The zero-order valence-electron chi connectivity index (χ0n) is 13.5. The summed E-state index contributed by atoms with van der Waals surface area (Å²) in [6, 6.07) is 7.67. The minimum Gasteiger partial charge on any atom is -0.345 e. The Morgan fingerprint density at radius 3 is 2.67 bits per heavy atom. The molecule has 0 unspecified atom stereocenters. The van der Waals surface area contributed by atoms with Crippen molar-refractivity contribution in [1.29, 1.82) is 0 Å². The van der Waals surface area contributed by atoms with Crippen LogP contribution in [0.5, 0.6) is 0 Å². The molecule has 1 N–H and O–H groups in total. The number of fused-ring (bicyclic) bond motifs is 1. The Balaban J connectivity index is 1.75. The van der Waals surface area contributed by atoms with E-state index in [0.717, 1.165) is 16.0 Å². The number of aromatic nitrogens is 3. The van der Waals surface area contributed by atoms with Gasteiger partial charge in [0.2, 0.25) is 5.91 Å². The number of nitrogens with zero attached hydrogens (tertiary/aromatic N) is 3. The molecule has 2 aromatic heterocycles. The minimum atomic E-state index is -4.63. The van der Waals surface area contributed by atoms with Crippen molar-refractivity contribution in [3.05, 3.63) is 69.6 Å². The van der Waals surface area contributed by atoms with Gasteiger partial charge in [-0.1, -0.05) is 35.3 Å². The van der Waals surface area contributed by atoms with E-state index in [1.807, 2.05) is 0 Å². The van der Waals surface area contributed by atoms with Crippen LogP contribution in [0.2, 0.25) is 10.0 Å². The molecule has 0 fully saturated rings. The summed E-state index contributed by atoms with van der Waals surface area (Å²) in [5.74, 6) is -0.340. The number of hydrogen-bond donors (Lipinski definition) is 1. The van der Waals surface area contributed by atoms with E-state index < -0.39 is 17.6 Å². The lowest BCUT2D eigenvalue weighted by Crippen LogP contribution is -2.21. The van der Waals surface area contributed by atoms with Crippen LogP contribution in [0.25, 0.3) is 11.7 Å². The van der Waals surface area contributed by atoms with Crippen LogP contribution < -0.4 is 5.32 Å². The molecule has 2 heterocycles. The maximum atomic E-state index is 13.1. The molecule has 0 bridgehead atoms. The van der Waals surface area contributed by atoms with Crippen molar-refractivity contribution in [2.24, 2.45) is 0 Å². The van der Waals surface area contributed by atoms with Crippen molar-refractivity contribution in [3.63, 3.8) is 0 Å². The molecule has 0 atom stereocenters. The second-order valence-electron chi connectivity index (χ2n) is 5.49. The van der Waals surface area contributed by atoms with E-state index in [9.17, 15) is 18.0 Å². The molecule has 0 saturated heterocycles. The average molecular weight is 415 g/mol. The van der Waals surface area contributed by atoms with E-state index >= 15 is 0 Å². The molecule has 1 aromatic carbocycles. The molecule has 140 valence electrons. The van der Waals surface area contributed by atoms with Crippen molar-refractivity contribution in [1.82, 2.24) is 19.9 Å². The smallest absolute Gasteiger partial charge is 0.345 e. The Bertz CT molecular complexity index is 1030. The largest absolute Gasteiger partial charge is 0.420 e. The summed E-state index contributed by atoms with van der Waals surface area (Å²) in [5.41, 5.74) is -0.654. The normalized spacial score (nSPS) is 12.0. The molecule has 10 heteroatoms. The van der Waals surface area contributed by atoms with Gasteiger partial charge in [-0.25, -0.2) is 0 Å². The summed E-state index contributed by atoms with van der Waals surface area (Å²) in [6.45, 7) is -0.127. The number of alkyl halides is 3. The van der Waals surface area contributed by atoms with Crippen LogP contribution in [0, 0.1) is 0 Å². The van der Waals surface area contributed by atoms with E-state index in [2.05, 4.69) is 15.5 Å². The van der Waals surface area contributed by atoms with Gasteiger partial charge >= 0.3 is 6.18 Å².